The lowest BCUT2D eigenvalue weighted by Crippen LogP contribution is -2.31. The van der Waals surface area contributed by atoms with Crippen LogP contribution in [0.3, 0.4) is 0 Å². The van der Waals surface area contributed by atoms with E-state index in [1.54, 1.807) is 55.5 Å². The number of anilines is 1. The van der Waals surface area contributed by atoms with Crippen molar-refractivity contribution in [3.63, 3.8) is 0 Å². The van der Waals surface area contributed by atoms with Crippen molar-refractivity contribution in [2.75, 3.05) is 4.90 Å². The number of fused-ring (bicyclic) bond motifs is 1. The lowest BCUT2D eigenvalue weighted by Gasteiger charge is -2.27. The Kier molecular flexibility index (Phi) is 4.67. The first-order valence-electron chi connectivity index (χ1n) is 10.2. The highest BCUT2D eigenvalue weighted by molar-refractivity contribution is 6.21. The Morgan fingerprint density at radius 2 is 1.67 bits per heavy atom. The van der Waals surface area contributed by atoms with E-state index in [2.05, 4.69) is 0 Å². The summed E-state index contributed by atoms with van der Waals surface area (Å²) in [6, 6.07) is 18.3. The molecule has 3 aromatic carbocycles. The number of aromatic hydroxyl groups is 2. The normalized spacial score (nSPS) is 16.1. The van der Waals surface area contributed by atoms with Crippen molar-refractivity contribution in [3.8, 4) is 11.5 Å². The summed E-state index contributed by atoms with van der Waals surface area (Å²) in [5.74, 6) is -2.39. The number of aliphatic hydroxyl groups is 1. The van der Waals surface area contributed by atoms with E-state index in [4.69, 9.17) is 4.42 Å². The van der Waals surface area contributed by atoms with E-state index >= 15 is 0 Å². The van der Waals surface area contributed by atoms with Crippen LogP contribution in [0.25, 0.3) is 11.0 Å². The van der Waals surface area contributed by atoms with Gasteiger partial charge in [0, 0.05) is 5.39 Å². The number of amides is 1. The van der Waals surface area contributed by atoms with Crippen molar-refractivity contribution in [1.82, 2.24) is 0 Å². The van der Waals surface area contributed by atoms with Crippen molar-refractivity contribution in [2.45, 2.75) is 13.0 Å². The molecule has 1 aromatic heterocycles. The topological polar surface area (TPSA) is 111 Å². The number of para-hydroxylation sites is 1. The Labute approximate surface area is 188 Å². The third kappa shape index (κ3) is 3.30. The summed E-state index contributed by atoms with van der Waals surface area (Å²) in [5.41, 5.74) is 1.71. The van der Waals surface area contributed by atoms with Crippen molar-refractivity contribution >= 4 is 28.3 Å². The molecule has 2 heterocycles. The van der Waals surface area contributed by atoms with Crippen LogP contribution in [0, 0.1) is 6.92 Å². The number of benzene rings is 3. The van der Waals surface area contributed by atoms with Gasteiger partial charge in [-0.05, 0) is 54.4 Å². The number of phenolic OH excluding ortho intramolecular Hbond substituents is 2. The first kappa shape index (κ1) is 20.4. The first-order chi connectivity index (χ1) is 15.8. The van der Waals surface area contributed by atoms with E-state index in [0.717, 1.165) is 5.56 Å². The molecule has 7 nitrogen and oxygen atoms in total. The van der Waals surface area contributed by atoms with Gasteiger partial charge < -0.3 is 19.7 Å². The maximum absolute atomic E-state index is 13.5. The highest BCUT2D eigenvalue weighted by Crippen LogP contribution is 2.45. The highest BCUT2D eigenvalue weighted by atomic mass is 16.3. The van der Waals surface area contributed by atoms with Crippen LogP contribution in [0.4, 0.5) is 5.69 Å². The van der Waals surface area contributed by atoms with Gasteiger partial charge in [-0.1, -0.05) is 36.4 Å². The number of Topliss-reactive ketones (excluding diaryl/α,β-unsaturated/α-hetero) is 1. The molecule has 7 heteroatoms. The van der Waals surface area contributed by atoms with Crippen LogP contribution in [0.1, 0.15) is 27.7 Å². The summed E-state index contributed by atoms with van der Waals surface area (Å²) < 4.78 is 5.70. The number of hydrogen-bond donors (Lipinski definition) is 3. The molecule has 1 amide bonds. The minimum atomic E-state index is -1.05. The second-order valence-corrected chi connectivity index (χ2v) is 7.90. The zero-order chi connectivity index (χ0) is 23.3. The van der Waals surface area contributed by atoms with Crippen molar-refractivity contribution in [2.24, 2.45) is 0 Å². The molecular formula is C26H19NO6. The zero-order valence-electron chi connectivity index (χ0n) is 17.5. The number of furan rings is 1. The summed E-state index contributed by atoms with van der Waals surface area (Å²) >= 11 is 0. The van der Waals surface area contributed by atoms with Gasteiger partial charge in [0.25, 0.3) is 5.91 Å². The van der Waals surface area contributed by atoms with E-state index < -0.39 is 23.5 Å². The Bertz CT molecular complexity index is 1410. The maximum Gasteiger partial charge on any atom is 0.294 e. The average molecular weight is 441 g/mol. The van der Waals surface area contributed by atoms with Gasteiger partial charge in [0.05, 0.1) is 17.3 Å². The van der Waals surface area contributed by atoms with Gasteiger partial charge in [-0.2, -0.15) is 0 Å². The fourth-order valence-electron chi connectivity index (χ4n) is 4.11. The van der Waals surface area contributed by atoms with E-state index in [1.165, 1.54) is 23.1 Å². The van der Waals surface area contributed by atoms with Gasteiger partial charge in [-0.3, -0.25) is 14.5 Å². The van der Waals surface area contributed by atoms with E-state index in [9.17, 15) is 24.9 Å². The molecule has 164 valence electrons. The first-order valence-corrected chi connectivity index (χ1v) is 10.2. The van der Waals surface area contributed by atoms with Crippen LogP contribution in [0.2, 0.25) is 0 Å². The number of carbonyl (C=O) groups excluding carboxylic acids is 2. The molecule has 4 aromatic rings. The molecule has 0 saturated heterocycles. The second-order valence-electron chi connectivity index (χ2n) is 7.90. The minimum absolute atomic E-state index is 0.00592. The summed E-state index contributed by atoms with van der Waals surface area (Å²) in [4.78, 5) is 27.9. The smallest absolute Gasteiger partial charge is 0.294 e. The Morgan fingerprint density at radius 3 is 2.39 bits per heavy atom. The van der Waals surface area contributed by atoms with Crippen molar-refractivity contribution in [3.05, 3.63) is 101 Å². The molecule has 0 spiro atoms. The van der Waals surface area contributed by atoms with Gasteiger partial charge in [-0.25, -0.2) is 0 Å². The van der Waals surface area contributed by atoms with Crippen LogP contribution >= 0.6 is 0 Å². The summed E-state index contributed by atoms with van der Waals surface area (Å²) in [7, 11) is 0. The predicted octanol–water partition coefficient (Wildman–Crippen LogP) is 4.94. The van der Waals surface area contributed by atoms with Crippen LogP contribution < -0.4 is 4.90 Å². The number of carbonyl (C=O) groups is 2. The minimum Gasteiger partial charge on any atom is -0.508 e. The molecule has 1 unspecified atom stereocenters. The Morgan fingerprint density at radius 1 is 0.939 bits per heavy atom. The second kappa shape index (κ2) is 7.56. The van der Waals surface area contributed by atoms with Gasteiger partial charge in [0.15, 0.2) is 11.5 Å². The average Bonchev–Trinajstić information content (AvgIpc) is 3.35. The maximum atomic E-state index is 13.5. The SMILES string of the molecule is Cc1ccc(O)c(N2C(=O)C(O)=C(C(=O)c3cc4ccccc4o3)C2c2ccc(O)cc2)c1. The van der Waals surface area contributed by atoms with Gasteiger partial charge in [0.1, 0.15) is 17.1 Å². The zero-order valence-corrected chi connectivity index (χ0v) is 17.5. The largest absolute Gasteiger partial charge is 0.508 e. The molecule has 1 aliphatic rings. The molecule has 33 heavy (non-hydrogen) atoms. The fourth-order valence-corrected chi connectivity index (χ4v) is 4.11. The lowest BCUT2D eigenvalue weighted by molar-refractivity contribution is -0.117. The molecule has 0 radical (unpaired) electrons. The summed E-state index contributed by atoms with van der Waals surface area (Å²) in [6.45, 7) is 1.80. The monoisotopic (exact) mass is 441 g/mol. The van der Waals surface area contributed by atoms with E-state index in [1.807, 2.05) is 6.07 Å². The molecule has 0 bridgehead atoms. The van der Waals surface area contributed by atoms with Gasteiger partial charge in [-0.15, -0.1) is 0 Å². The van der Waals surface area contributed by atoms with Gasteiger partial charge in [0.2, 0.25) is 5.78 Å². The lowest BCUT2D eigenvalue weighted by atomic mass is 9.94. The highest BCUT2D eigenvalue weighted by Gasteiger charge is 2.46. The number of nitrogens with zero attached hydrogens (tertiary/aromatic N) is 1. The molecule has 0 saturated carbocycles. The van der Waals surface area contributed by atoms with E-state index in [0.29, 0.717) is 16.5 Å². The summed E-state index contributed by atoms with van der Waals surface area (Å²) in [5, 5.41) is 31.8. The number of ketones is 1. The van der Waals surface area contributed by atoms with E-state index in [-0.39, 0.29) is 28.5 Å². The number of rotatable bonds is 4. The molecule has 1 atom stereocenters. The molecule has 0 aliphatic carbocycles. The standard InChI is InChI=1S/C26H19NO6/c1-14-6-11-19(29)18(12-14)27-23(15-7-9-17(28)10-8-15)22(25(31)26(27)32)24(30)21-13-16-4-2-3-5-20(16)33-21/h2-13,23,28-29,31H,1H3. The van der Waals surface area contributed by atoms with Crippen molar-refractivity contribution in [1.29, 1.82) is 0 Å². The number of aryl methyl sites for hydroxylation is 1. The van der Waals surface area contributed by atoms with Crippen LogP contribution in [-0.2, 0) is 4.79 Å². The Hall–Kier alpha value is -4.52. The van der Waals surface area contributed by atoms with Crippen LogP contribution in [0.15, 0.2) is 88.5 Å². The van der Waals surface area contributed by atoms with Gasteiger partial charge >= 0.3 is 0 Å². The van der Waals surface area contributed by atoms with Crippen LogP contribution in [-0.4, -0.2) is 27.0 Å². The number of phenols is 2. The quantitative estimate of drug-likeness (QED) is 0.387. The third-order valence-corrected chi connectivity index (χ3v) is 5.70. The molecule has 0 fully saturated rings. The van der Waals surface area contributed by atoms with Crippen molar-refractivity contribution < 1.29 is 29.3 Å². The summed E-state index contributed by atoms with van der Waals surface area (Å²) in [6.07, 6.45) is 0. The molecule has 1 aliphatic heterocycles. The molecule has 5 rings (SSSR count). The molecule has 3 N–H and O–H groups in total. The third-order valence-electron chi connectivity index (χ3n) is 5.70. The molecular weight excluding hydrogens is 422 g/mol. The Balaban J connectivity index is 1.69. The van der Waals surface area contributed by atoms with Crippen LogP contribution in [0.5, 0.6) is 11.5 Å². The fraction of sp³-hybridized carbons (Fsp3) is 0.0769. The predicted molar refractivity (Wildman–Crippen MR) is 121 cm³/mol. The number of aliphatic hydroxyl groups excluding tert-OH is 1. The number of hydrogen-bond acceptors (Lipinski definition) is 6.